The van der Waals surface area contributed by atoms with Crippen molar-refractivity contribution in [3.8, 4) is 5.75 Å². The summed E-state index contributed by atoms with van der Waals surface area (Å²) < 4.78 is 5.58. The second-order valence-electron chi connectivity index (χ2n) is 9.58. The molecular weight excluding hydrogens is 500 g/mol. The van der Waals surface area contributed by atoms with Crippen molar-refractivity contribution in [2.75, 3.05) is 19.6 Å². The van der Waals surface area contributed by atoms with Gasteiger partial charge in [0, 0.05) is 31.6 Å². The van der Waals surface area contributed by atoms with Crippen LogP contribution in [0.3, 0.4) is 0 Å². The Morgan fingerprint density at radius 3 is 2.34 bits per heavy atom. The zero-order valence-electron chi connectivity index (χ0n) is 21.1. The standard InChI is InChI=1S/C31H30N2O4.ClH/c1-21(27-13-7-11-22-10-5-6-12-28(22)27)32-18-25-19-33(20-29(25)23-8-3-2-4-9-23)31(36)37-26-16-14-24(15-17-26)30(34)35;/h2-17,21,25,29,32H,18-20H2,1H3,(H,34,35);1H/t21-,25-,29-;/m1./s1. The molecule has 1 saturated heterocycles. The van der Waals surface area contributed by atoms with E-state index in [1.165, 1.54) is 46.2 Å². The third-order valence-corrected chi connectivity index (χ3v) is 7.21. The molecule has 0 radical (unpaired) electrons. The molecule has 0 aliphatic carbocycles. The fraction of sp³-hybridized carbons (Fsp3) is 0.226. The summed E-state index contributed by atoms with van der Waals surface area (Å²) in [5, 5.41) is 15.3. The third-order valence-electron chi connectivity index (χ3n) is 7.21. The number of fused-ring (bicyclic) bond motifs is 1. The van der Waals surface area contributed by atoms with E-state index in [4.69, 9.17) is 9.84 Å². The summed E-state index contributed by atoms with van der Waals surface area (Å²) in [5.74, 6) is -0.300. The maximum absolute atomic E-state index is 13.0. The first-order valence-corrected chi connectivity index (χ1v) is 12.6. The number of benzene rings is 4. The number of carboxylic acids is 1. The van der Waals surface area contributed by atoms with Gasteiger partial charge in [-0.1, -0.05) is 72.8 Å². The molecule has 0 bridgehead atoms. The Bertz CT molecular complexity index is 1390. The van der Waals surface area contributed by atoms with Gasteiger partial charge in [0.15, 0.2) is 0 Å². The SMILES string of the molecule is C[C@@H](NC[C@@H]1CN(C(=O)Oc2ccc(C(=O)O)cc2)C[C@@H]1c1ccccc1)c1cccc2ccccc12.Cl. The lowest BCUT2D eigenvalue weighted by Gasteiger charge is -2.23. The van der Waals surface area contributed by atoms with Crippen molar-refractivity contribution < 1.29 is 19.4 Å². The summed E-state index contributed by atoms with van der Waals surface area (Å²) >= 11 is 0. The zero-order valence-corrected chi connectivity index (χ0v) is 21.9. The van der Waals surface area contributed by atoms with Gasteiger partial charge in [-0.05, 0) is 59.0 Å². The summed E-state index contributed by atoms with van der Waals surface area (Å²) in [6, 6.07) is 31.1. The Kier molecular flexibility index (Phi) is 8.66. The van der Waals surface area contributed by atoms with Gasteiger partial charge in [0.2, 0.25) is 0 Å². The Balaban J connectivity index is 0.00000336. The van der Waals surface area contributed by atoms with Gasteiger partial charge in [-0.15, -0.1) is 12.4 Å². The van der Waals surface area contributed by atoms with E-state index in [0.717, 1.165) is 6.54 Å². The summed E-state index contributed by atoms with van der Waals surface area (Å²) in [4.78, 5) is 25.9. The van der Waals surface area contributed by atoms with Crippen LogP contribution in [0.2, 0.25) is 0 Å². The highest BCUT2D eigenvalue weighted by Crippen LogP contribution is 2.34. The Labute approximate surface area is 228 Å². The van der Waals surface area contributed by atoms with Gasteiger partial charge < -0.3 is 20.1 Å². The number of carboxylic acid groups (broad SMARTS) is 1. The normalized spacial score (nSPS) is 17.6. The molecule has 0 spiro atoms. The van der Waals surface area contributed by atoms with Crippen LogP contribution in [0.15, 0.2) is 97.1 Å². The van der Waals surface area contributed by atoms with E-state index in [1.807, 2.05) is 18.2 Å². The van der Waals surface area contributed by atoms with Crippen LogP contribution < -0.4 is 10.1 Å². The number of rotatable bonds is 7. The first-order chi connectivity index (χ1) is 18.0. The lowest BCUT2D eigenvalue weighted by Crippen LogP contribution is -2.33. The van der Waals surface area contributed by atoms with Crippen molar-refractivity contribution in [1.29, 1.82) is 0 Å². The minimum Gasteiger partial charge on any atom is -0.478 e. The van der Waals surface area contributed by atoms with Gasteiger partial charge in [-0.25, -0.2) is 9.59 Å². The summed E-state index contributed by atoms with van der Waals surface area (Å²) in [6.45, 7) is 4.06. The Hall–Kier alpha value is -3.87. The largest absolute Gasteiger partial charge is 0.478 e. The molecule has 1 fully saturated rings. The van der Waals surface area contributed by atoms with Crippen LogP contribution in [0.1, 0.15) is 40.4 Å². The molecular formula is C31H31ClN2O4. The monoisotopic (exact) mass is 530 g/mol. The highest BCUT2D eigenvalue weighted by Gasteiger charge is 2.37. The maximum Gasteiger partial charge on any atom is 0.415 e. The van der Waals surface area contributed by atoms with Crippen molar-refractivity contribution in [2.45, 2.75) is 18.9 Å². The fourth-order valence-electron chi connectivity index (χ4n) is 5.20. The van der Waals surface area contributed by atoms with Crippen molar-refractivity contribution in [2.24, 2.45) is 5.92 Å². The molecule has 196 valence electrons. The minimum atomic E-state index is -1.02. The van der Waals surface area contributed by atoms with Crippen LogP contribution in [0.5, 0.6) is 5.75 Å². The number of hydrogen-bond donors (Lipinski definition) is 2. The van der Waals surface area contributed by atoms with Crippen LogP contribution in [0.4, 0.5) is 4.79 Å². The predicted molar refractivity (Wildman–Crippen MR) is 151 cm³/mol. The number of nitrogens with zero attached hydrogens (tertiary/aromatic N) is 1. The smallest absolute Gasteiger partial charge is 0.415 e. The molecule has 7 heteroatoms. The topological polar surface area (TPSA) is 78.9 Å². The van der Waals surface area contributed by atoms with E-state index in [0.29, 0.717) is 18.8 Å². The van der Waals surface area contributed by atoms with E-state index in [1.54, 1.807) is 4.90 Å². The van der Waals surface area contributed by atoms with Gasteiger partial charge in [0.1, 0.15) is 5.75 Å². The number of amides is 1. The van der Waals surface area contributed by atoms with E-state index in [2.05, 4.69) is 66.8 Å². The summed E-state index contributed by atoms with van der Waals surface area (Å²) in [6.07, 6.45) is -0.423. The van der Waals surface area contributed by atoms with Crippen molar-refractivity contribution in [3.63, 3.8) is 0 Å². The molecule has 38 heavy (non-hydrogen) atoms. The molecule has 1 aliphatic heterocycles. The van der Waals surface area contributed by atoms with Gasteiger partial charge in [-0.3, -0.25) is 0 Å². The van der Waals surface area contributed by atoms with E-state index < -0.39 is 12.1 Å². The minimum absolute atomic E-state index is 0. The van der Waals surface area contributed by atoms with Crippen LogP contribution in [0, 0.1) is 5.92 Å². The molecule has 0 unspecified atom stereocenters. The number of ether oxygens (including phenoxy) is 1. The molecule has 6 nitrogen and oxygen atoms in total. The molecule has 1 aliphatic rings. The number of halogens is 1. The molecule has 3 atom stereocenters. The number of hydrogen-bond acceptors (Lipinski definition) is 4. The molecule has 4 aromatic rings. The van der Waals surface area contributed by atoms with Crippen LogP contribution in [0.25, 0.3) is 10.8 Å². The molecule has 0 aromatic heterocycles. The van der Waals surface area contributed by atoms with Crippen LogP contribution in [-0.4, -0.2) is 41.7 Å². The predicted octanol–water partition coefficient (Wildman–Crippen LogP) is 6.53. The van der Waals surface area contributed by atoms with Gasteiger partial charge in [0.25, 0.3) is 0 Å². The average Bonchev–Trinajstić information content (AvgIpc) is 3.37. The number of nitrogens with one attached hydrogen (secondary N) is 1. The Morgan fingerprint density at radius 2 is 1.61 bits per heavy atom. The van der Waals surface area contributed by atoms with E-state index >= 15 is 0 Å². The highest BCUT2D eigenvalue weighted by molar-refractivity contribution is 5.88. The first kappa shape index (κ1) is 27.2. The number of aromatic carboxylic acids is 1. The second kappa shape index (κ2) is 12.1. The molecule has 1 heterocycles. The molecule has 4 aromatic carbocycles. The lowest BCUT2D eigenvalue weighted by molar-refractivity contribution is 0.0697. The average molecular weight is 531 g/mol. The number of carbonyl (C=O) groups excluding carboxylic acids is 1. The lowest BCUT2D eigenvalue weighted by atomic mass is 9.88. The number of likely N-dealkylation sites (tertiary alicyclic amines) is 1. The summed E-state index contributed by atoms with van der Waals surface area (Å²) in [5.41, 5.74) is 2.61. The van der Waals surface area contributed by atoms with E-state index in [9.17, 15) is 9.59 Å². The van der Waals surface area contributed by atoms with Gasteiger partial charge >= 0.3 is 12.1 Å². The van der Waals surface area contributed by atoms with E-state index in [-0.39, 0.29) is 35.8 Å². The second-order valence-corrected chi connectivity index (χ2v) is 9.58. The van der Waals surface area contributed by atoms with Crippen molar-refractivity contribution in [3.05, 3.63) is 114 Å². The fourth-order valence-corrected chi connectivity index (χ4v) is 5.20. The Morgan fingerprint density at radius 1 is 0.921 bits per heavy atom. The van der Waals surface area contributed by atoms with Gasteiger partial charge in [-0.2, -0.15) is 0 Å². The highest BCUT2D eigenvalue weighted by atomic mass is 35.5. The zero-order chi connectivity index (χ0) is 25.8. The molecule has 5 rings (SSSR count). The molecule has 0 saturated carbocycles. The number of carbonyl (C=O) groups is 2. The van der Waals surface area contributed by atoms with Crippen LogP contribution in [-0.2, 0) is 0 Å². The van der Waals surface area contributed by atoms with Crippen molar-refractivity contribution >= 4 is 35.2 Å². The quantitative estimate of drug-likeness (QED) is 0.284. The molecule has 2 N–H and O–H groups in total. The van der Waals surface area contributed by atoms with Crippen LogP contribution >= 0.6 is 12.4 Å². The summed E-state index contributed by atoms with van der Waals surface area (Å²) in [7, 11) is 0. The third kappa shape index (κ3) is 5.98. The van der Waals surface area contributed by atoms with Gasteiger partial charge in [0.05, 0.1) is 5.56 Å². The first-order valence-electron chi connectivity index (χ1n) is 12.6. The maximum atomic E-state index is 13.0. The van der Waals surface area contributed by atoms with Crippen molar-refractivity contribution in [1.82, 2.24) is 10.2 Å². The molecule has 1 amide bonds.